The van der Waals surface area contributed by atoms with Crippen molar-refractivity contribution in [3.63, 3.8) is 0 Å². The van der Waals surface area contributed by atoms with Crippen molar-refractivity contribution in [2.45, 2.75) is 13.8 Å². The first-order chi connectivity index (χ1) is 8.88. The number of nitrogens with zero attached hydrogens (tertiary/aromatic N) is 2. The number of carbonyl (C=O) groups excluding carboxylic acids is 4. The molecular weight excluding hydrogens is 250 g/mol. The molecule has 0 unspecified atom stereocenters. The molecule has 0 aromatic rings. The lowest BCUT2D eigenvalue weighted by Crippen LogP contribution is -2.41. The zero-order valence-electron chi connectivity index (χ0n) is 10.8. The normalized spacial score (nSPS) is 15.2. The Morgan fingerprint density at radius 1 is 1.26 bits per heavy atom. The van der Waals surface area contributed by atoms with Crippen molar-refractivity contribution in [2.75, 3.05) is 19.6 Å². The molecule has 7 nitrogen and oxygen atoms in total. The molecular formula is C12H15N3O4. The van der Waals surface area contributed by atoms with Crippen molar-refractivity contribution >= 4 is 23.8 Å². The Morgan fingerprint density at radius 2 is 1.84 bits per heavy atom. The van der Waals surface area contributed by atoms with Crippen LogP contribution in [0, 0.1) is 18.3 Å². The average molecular weight is 265 g/mol. The van der Waals surface area contributed by atoms with Crippen molar-refractivity contribution < 1.29 is 19.2 Å². The molecule has 0 saturated carbocycles. The number of terminal acetylenes is 1. The van der Waals surface area contributed by atoms with E-state index in [1.807, 2.05) is 13.8 Å². The van der Waals surface area contributed by atoms with Crippen LogP contribution in [0.25, 0.3) is 0 Å². The van der Waals surface area contributed by atoms with Gasteiger partial charge in [0.25, 0.3) is 0 Å². The van der Waals surface area contributed by atoms with Crippen LogP contribution < -0.4 is 5.32 Å². The summed E-state index contributed by atoms with van der Waals surface area (Å²) in [6.07, 6.45) is 4.96. The summed E-state index contributed by atoms with van der Waals surface area (Å²) in [6.45, 7) is 3.27. The van der Waals surface area contributed by atoms with E-state index in [0.717, 1.165) is 4.90 Å². The molecule has 102 valence electrons. The van der Waals surface area contributed by atoms with E-state index >= 15 is 0 Å². The molecule has 0 aromatic carbocycles. The number of urea groups is 1. The molecule has 0 bridgehead atoms. The van der Waals surface area contributed by atoms with Crippen LogP contribution in [0.5, 0.6) is 0 Å². The Hall–Kier alpha value is -2.36. The predicted octanol–water partition coefficient (Wildman–Crippen LogP) is -0.817. The van der Waals surface area contributed by atoms with Crippen molar-refractivity contribution in [1.29, 1.82) is 0 Å². The van der Waals surface area contributed by atoms with Gasteiger partial charge in [0, 0.05) is 6.54 Å². The van der Waals surface area contributed by atoms with Gasteiger partial charge in [-0.15, -0.1) is 6.42 Å². The molecule has 1 aliphatic rings. The van der Waals surface area contributed by atoms with Crippen LogP contribution in [0.3, 0.4) is 0 Å². The van der Waals surface area contributed by atoms with Gasteiger partial charge in [0.15, 0.2) is 0 Å². The van der Waals surface area contributed by atoms with Crippen LogP contribution >= 0.6 is 0 Å². The lowest BCUT2D eigenvalue weighted by Gasteiger charge is -2.16. The maximum Gasteiger partial charge on any atom is 0.334 e. The van der Waals surface area contributed by atoms with E-state index in [1.54, 1.807) is 0 Å². The lowest BCUT2D eigenvalue weighted by molar-refractivity contribution is -0.144. The summed E-state index contributed by atoms with van der Waals surface area (Å²) in [6, 6.07) is -0.764. The van der Waals surface area contributed by atoms with Crippen LogP contribution in [0.4, 0.5) is 4.79 Å². The highest BCUT2D eigenvalue weighted by Crippen LogP contribution is 2.13. The van der Waals surface area contributed by atoms with Crippen molar-refractivity contribution in [1.82, 2.24) is 15.1 Å². The maximum atomic E-state index is 11.9. The SMILES string of the molecule is C#CCNC(=O)CN1C(=O)C(=O)N(CC(C)C)C1=O. The molecule has 0 aliphatic carbocycles. The first kappa shape index (κ1) is 14.7. The molecule has 5 amide bonds. The molecule has 0 spiro atoms. The quantitative estimate of drug-likeness (QED) is 0.400. The van der Waals surface area contributed by atoms with Gasteiger partial charge in [0.1, 0.15) is 6.54 Å². The summed E-state index contributed by atoms with van der Waals surface area (Å²) in [4.78, 5) is 48.0. The van der Waals surface area contributed by atoms with E-state index in [-0.39, 0.29) is 19.0 Å². The number of rotatable bonds is 5. The minimum atomic E-state index is -0.985. The fraction of sp³-hybridized carbons (Fsp3) is 0.500. The molecule has 7 heteroatoms. The second-order valence-corrected chi connectivity index (χ2v) is 4.46. The van der Waals surface area contributed by atoms with Gasteiger partial charge in [-0.25, -0.2) is 9.69 Å². The minimum Gasteiger partial charge on any atom is -0.344 e. The van der Waals surface area contributed by atoms with Gasteiger partial charge in [-0.1, -0.05) is 19.8 Å². The Morgan fingerprint density at radius 3 is 2.37 bits per heavy atom. The zero-order chi connectivity index (χ0) is 14.6. The topological polar surface area (TPSA) is 86.8 Å². The smallest absolute Gasteiger partial charge is 0.334 e. The second-order valence-electron chi connectivity index (χ2n) is 4.46. The highest BCUT2D eigenvalue weighted by atomic mass is 16.2. The summed E-state index contributed by atoms with van der Waals surface area (Å²) in [5.41, 5.74) is 0. The zero-order valence-corrected chi connectivity index (χ0v) is 10.8. The molecule has 19 heavy (non-hydrogen) atoms. The van der Waals surface area contributed by atoms with Crippen LogP contribution in [0.15, 0.2) is 0 Å². The van der Waals surface area contributed by atoms with Crippen molar-refractivity contribution in [3.05, 3.63) is 0 Å². The van der Waals surface area contributed by atoms with E-state index in [0.29, 0.717) is 4.90 Å². The molecule has 1 rings (SSSR count). The highest BCUT2D eigenvalue weighted by Gasteiger charge is 2.45. The number of hydrogen-bond donors (Lipinski definition) is 1. The fourth-order valence-electron chi connectivity index (χ4n) is 1.57. The third-order valence-electron chi connectivity index (χ3n) is 2.37. The minimum absolute atomic E-state index is 0.00128. The van der Waals surface area contributed by atoms with Gasteiger partial charge < -0.3 is 5.32 Å². The van der Waals surface area contributed by atoms with Gasteiger partial charge in [-0.05, 0) is 5.92 Å². The Balaban J connectivity index is 2.73. The molecule has 1 saturated heterocycles. The first-order valence-electron chi connectivity index (χ1n) is 5.76. The van der Waals surface area contributed by atoms with Crippen molar-refractivity contribution in [2.24, 2.45) is 5.92 Å². The third-order valence-corrected chi connectivity index (χ3v) is 2.37. The second kappa shape index (κ2) is 6.00. The number of imide groups is 2. The fourth-order valence-corrected chi connectivity index (χ4v) is 1.57. The van der Waals surface area contributed by atoms with Crippen molar-refractivity contribution in [3.8, 4) is 12.3 Å². The number of amides is 5. The number of nitrogens with one attached hydrogen (secondary N) is 1. The summed E-state index contributed by atoms with van der Waals surface area (Å²) in [5, 5.41) is 2.32. The Kier molecular flexibility index (Phi) is 4.64. The third kappa shape index (κ3) is 3.31. The Labute approximate surface area is 110 Å². The summed E-state index contributed by atoms with van der Waals surface area (Å²) in [7, 11) is 0. The number of carbonyl (C=O) groups is 4. The van der Waals surface area contributed by atoms with Gasteiger partial charge >= 0.3 is 17.8 Å². The van der Waals surface area contributed by atoms with E-state index in [9.17, 15) is 19.2 Å². The predicted molar refractivity (Wildman–Crippen MR) is 65.5 cm³/mol. The Bertz CT molecular complexity index is 464. The molecule has 0 radical (unpaired) electrons. The molecule has 1 fully saturated rings. The summed E-state index contributed by atoms with van der Waals surface area (Å²) >= 11 is 0. The molecule has 1 heterocycles. The largest absolute Gasteiger partial charge is 0.344 e. The van der Waals surface area contributed by atoms with Crippen LogP contribution in [-0.4, -0.2) is 53.2 Å². The van der Waals surface area contributed by atoms with Gasteiger partial charge in [0.2, 0.25) is 5.91 Å². The van der Waals surface area contributed by atoms with E-state index in [1.165, 1.54) is 0 Å². The van der Waals surface area contributed by atoms with E-state index < -0.39 is 30.3 Å². The van der Waals surface area contributed by atoms with E-state index in [2.05, 4.69) is 11.2 Å². The van der Waals surface area contributed by atoms with Crippen LogP contribution in [0.2, 0.25) is 0 Å². The lowest BCUT2D eigenvalue weighted by atomic mass is 10.2. The van der Waals surface area contributed by atoms with Crippen LogP contribution in [0.1, 0.15) is 13.8 Å². The molecule has 0 aromatic heterocycles. The van der Waals surface area contributed by atoms with Gasteiger partial charge in [-0.3, -0.25) is 19.3 Å². The summed E-state index contributed by atoms with van der Waals surface area (Å²) < 4.78 is 0. The molecule has 0 atom stereocenters. The van der Waals surface area contributed by atoms with Crippen LogP contribution in [-0.2, 0) is 14.4 Å². The summed E-state index contributed by atoms with van der Waals surface area (Å²) in [5.74, 6) is -0.239. The monoisotopic (exact) mass is 265 g/mol. The average Bonchev–Trinajstić information content (AvgIpc) is 2.53. The maximum absolute atomic E-state index is 11.9. The standard InChI is InChI=1S/C12H15N3O4/c1-4-5-13-9(16)7-15-11(18)10(17)14(12(15)19)6-8(2)3/h1,8H,5-7H2,2-3H3,(H,13,16). The number of hydrogen-bond acceptors (Lipinski definition) is 4. The van der Waals surface area contributed by atoms with Gasteiger partial charge in [0.05, 0.1) is 6.54 Å². The van der Waals surface area contributed by atoms with E-state index in [4.69, 9.17) is 6.42 Å². The molecule has 1 N–H and O–H groups in total. The van der Waals surface area contributed by atoms with Gasteiger partial charge in [-0.2, -0.15) is 0 Å². The highest BCUT2D eigenvalue weighted by molar-refractivity contribution is 6.45. The molecule has 1 aliphatic heterocycles. The first-order valence-corrected chi connectivity index (χ1v) is 5.76.